The number of hydrogen-bond donors (Lipinski definition) is 1. The Hall–Kier alpha value is -1.89. The molecule has 0 radical (unpaired) electrons. The molecule has 6 nitrogen and oxygen atoms in total. The summed E-state index contributed by atoms with van der Waals surface area (Å²) in [5.41, 5.74) is 6.13. The molecule has 0 aliphatic heterocycles. The van der Waals surface area contributed by atoms with Crippen molar-refractivity contribution in [1.29, 1.82) is 0 Å². The topological polar surface area (TPSA) is 90.9 Å². The third kappa shape index (κ3) is 1.89. The minimum Gasteiger partial charge on any atom is -0.396 e. The second-order valence-corrected chi connectivity index (χ2v) is 5.32. The van der Waals surface area contributed by atoms with E-state index in [2.05, 4.69) is 10.1 Å². The van der Waals surface area contributed by atoms with E-state index in [-0.39, 0.29) is 4.90 Å². The first-order valence-corrected chi connectivity index (χ1v) is 6.33. The van der Waals surface area contributed by atoms with Crippen molar-refractivity contribution in [2.24, 2.45) is 0 Å². The Bertz CT molecular complexity index is 618. The van der Waals surface area contributed by atoms with Crippen LogP contribution in [0.4, 0.5) is 5.69 Å². The summed E-state index contributed by atoms with van der Waals surface area (Å²) in [7, 11) is -3.25. The molecule has 0 saturated heterocycles. The molecule has 2 aromatic rings. The van der Waals surface area contributed by atoms with Crippen LogP contribution >= 0.6 is 0 Å². The van der Waals surface area contributed by atoms with Gasteiger partial charge in [0.2, 0.25) is 0 Å². The first-order chi connectivity index (χ1) is 7.48. The predicted molar refractivity (Wildman–Crippen MR) is 58.9 cm³/mol. The van der Waals surface area contributed by atoms with Crippen molar-refractivity contribution < 1.29 is 8.42 Å². The molecule has 0 bridgehead atoms. The molecule has 0 aliphatic carbocycles. The minimum absolute atomic E-state index is 0.137. The van der Waals surface area contributed by atoms with Gasteiger partial charge in [0, 0.05) is 12.5 Å². The molecule has 2 N–H and O–H groups in total. The maximum atomic E-state index is 11.3. The Kier molecular flexibility index (Phi) is 2.39. The molecular formula is C9H10N4O2S. The number of aromatic nitrogens is 3. The van der Waals surface area contributed by atoms with Crippen LogP contribution in [0.25, 0.3) is 5.82 Å². The fourth-order valence-electron chi connectivity index (χ4n) is 1.21. The zero-order chi connectivity index (χ0) is 11.8. The van der Waals surface area contributed by atoms with Gasteiger partial charge in [0.15, 0.2) is 15.7 Å². The summed E-state index contributed by atoms with van der Waals surface area (Å²) < 4.78 is 23.9. The van der Waals surface area contributed by atoms with Crippen LogP contribution < -0.4 is 5.73 Å². The molecule has 0 aliphatic rings. The second kappa shape index (κ2) is 3.60. The van der Waals surface area contributed by atoms with Crippen LogP contribution in [0.15, 0.2) is 35.6 Å². The lowest BCUT2D eigenvalue weighted by Gasteiger charge is -2.02. The Balaban J connectivity index is 2.52. The monoisotopic (exact) mass is 238 g/mol. The molecule has 84 valence electrons. The van der Waals surface area contributed by atoms with E-state index in [1.165, 1.54) is 17.1 Å². The lowest BCUT2D eigenvalue weighted by atomic mass is 10.4. The summed E-state index contributed by atoms with van der Waals surface area (Å²) >= 11 is 0. The van der Waals surface area contributed by atoms with E-state index in [0.717, 1.165) is 6.26 Å². The van der Waals surface area contributed by atoms with Gasteiger partial charge in [0.05, 0.1) is 18.1 Å². The van der Waals surface area contributed by atoms with Gasteiger partial charge < -0.3 is 5.73 Å². The molecule has 0 saturated carbocycles. The van der Waals surface area contributed by atoms with Gasteiger partial charge in [-0.15, -0.1) is 0 Å². The Morgan fingerprint density at radius 3 is 2.75 bits per heavy atom. The van der Waals surface area contributed by atoms with Crippen LogP contribution in [-0.4, -0.2) is 29.4 Å². The number of pyridine rings is 1. The smallest absolute Gasteiger partial charge is 0.178 e. The molecular weight excluding hydrogens is 228 g/mol. The molecule has 0 fully saturated rings. The van der Waals surface area contributed by atoms with Gasteiger partial charge in [0.1, 0.15) is 4.90 Å². The van der Waals surface area contributed by atoms with Crippen molar-refractivity contribution in [2.75, 3.05) is 12.0 Å². The summed E-state index contributed by atoms with van der Waals surface area (Å²) in [6.07, 6.45) is 5.33. The van der Waals surface area contributed by atoms with Crippen molar-refractivity contribution in [1.82, 2.24) is 14.8 Å². The van der Waals surface area contributed by atoms with E-state index in [1.807, 2.05) is 0 Å². The molecule has 2 aromatic heterocycles. The first-order valence-electron chi connectivity index (χ1n) is 4.44. The summed E-state index contributed by atoms with van der Waals surface area (Å²) in [5.74, 6) is 0.414. The zero-order valence-corrected chi connectivity index (χ0v) is 9.35. The van der Waals surface area contributed by atoms with Crippen LogP contribution in [0.2, 0.25) is 0 Å². The van der Waals surface area contributed by atoms with Crippen LogP contribution in [0.3, 0.4) is 0 Å². The summed E-state index contributed by atoms with van der Waals surface area (Å²) in [6.45, 7) is 0. The predicted octanol–water partition coefficient (Wildman–Crippen LogP) is 0.253. The first kappa shape index (κ1) is 10.6. The van der Waals surface area contributed by atoms with E-state index in [4.69, 9.17) is 5.73 Å². The van der Waals surface area contributed by atoms with Crippen molar-refractivity contribution in [3.05, 3.63) is 30.7 Å². The van der Waals surface area contributed by atoms with Gasteiger partial charge in [-0.3, -0.25) is 0 Å². The molecule has 16 heavy (non-hydrogen) atoms. The summed E-state index contributed by atoms with van der Waals surface area (Å²) in [5, 5.41) is 3.91. The van der Waals surface area contributed by atoms with Crippen LogP contribution in [0, 0.1) is 0 Å². The van der Waals surface area contributed by atoms with Crippen molar-refractivity contribution >= 4 is 15.5 Å². The second-order valence-electron chi connectivity index (χ2n) is 3.31. The number of nitrogens with two attached hydrogens (primary N) is 1. The SMILES string of the molecule is CS(=O)(=O)c1cnn(-c2ncccc2N)c1. The van der Waals surface area contributed by atoms with Gasteiger partial charge >= 0.3 is 0 Å². The highest BCUT2D eigenvalue weighted by Crippen LogP contribution is 2.14. The van der Waals surface area contributed by atoms with Gasteiger partial charge in [-0.2, -0.15) is 5.10 Å². The average Bonchev–Trinajstić information content (AvgIpc) is 2.66. The van der Waals surface area contributed by atoms with Crippen molar-refractivity contribution in [3.8, 4) is 5.82 Å². The highest BCUT2D eigenvalue weighted by atomic mass is 32.2. The third-order valence-electron chi connectivity index (χ3n) is 2.02. The number of sulfone groups is 1. The largest absolute Gasteiger partial charge is 0.396 e. The fourth-order valence-corrected chi connectivity index (χ4v) is 1.74. The van der Waals surface area contributed by atoms with Crippen molar-refractivity contribution in [2.45, 2.75) is 4.90 Å². The lowest BCUT2D eigenvalue weighted by molar-refractivity contribution is 0.602. The van der Waals surface area contributed by atoms with Gasteiger partial charge in [-0.25, -0.2) is 18.1 Å². The molecule has 0 atom stereocenters. The molecule has 0 aromatic carbocycles. The van der Waals surface area contributed by atoms with E-state index in [1.54, 1.807) is 18.3 Å². The molecule has 0 spiro atoms. The van der Waals surface area contributed by atoms with Crippen LogP contribution in [0.1, 0.15) is 0 Å². The number of nitrogen functional groups attached to an aromatic ring is 1. The molecule has 7 heteroatoms. The van der Waals surface area contributed by atoms with E-state index in [0.29, 0.717) is 11.5 Å². The maximum Gasteiger partial charge on any atom is 0.178 e. The Morgan fingerprint density at radius 1 is 1.44 bits per heavy atom. The standard InChI is InChI=1S/C9H10N4O2S/c1-16(14,15)7-5-12-13(6-7)9-8(10)3-2-4-11-9/h2-6H,10H2,1H3. The molecule has 2 heterocycles. The highest BCUT2D eigenvalue weighted by molar-refractivity contribution is 7.90. The Morgan fingerprint density at radius 2 is 2.19 bits per heavy atom. The molecule has 0 unspecified atom stereocenters. The number of hydrogen-bond acceptors (Lipinski definition) is 5. The van der Waals surface area contributed by atoms with Gasteiger partial charge in [0.25, 0.3) is 0 Å². The van der Waals surface area contributed by atoms with Crippen LogP contribution in [-0.2, 0) is 9.84 Å². The zero-order valence-electron chi connectivity index (χ0n) is 8.53. The number of anilines is 1. The molecule has 0 amide bonds. The quantitative estimate of drug-likeness (QED) is 0.810. The Labute approximate surface area is 92.6 Å². The third-order valence-corrected chi connectivity index (χ3v) is 3.09. The van der Waals surface area contributed by atoms with E-state index in [9.17, 15) is 8.42 Å². The lowest BCUT2D eigenvalue weighted by Crippen LogP contribution is -2.02. The fraction of sp³-hybridized carbons (Fsp3) is 0.111. The highest BCUT2D eigenvalue weighted by Gasteiger charge is 2.12. The minimum atomic E-state index is -3.25. The van der Waals surface area contributed by atoms with Gasteiger partial charge in [-0.1, -0.05) is 0 Å². The summed E-state index contributed by atoms with van der Waals surface area (Å²) in [4.78, 5) is 4.16. The van der Waals surface area contributed by atoms with Crippen LogP contribution in [0.5, 0.6) is 0 Å². The molecule has 2 rings (SSSR count). The van der Waals surface area contributed by atoms with Crippen molar-refractivity contribution in [3.63, 3.8) is 0 Å². The average molecular weight is 238 g/mol. The number of rotatable bonds is 2. The summed E-state index contributed by atoms with van der Waals surface area (Å²) in [6, 6.07) is 3.37. The number of nitrogens with zero attached hydrogens (tertiary/aromatic N) is 3. The maximum absolute atomic E-state index is 11.3. The van der Waals surface area contributed by atoms with E-state index >= 15 is 0 Å². The van der Waals surface area contributed by atoms with Gasteiger partial charge in [-0.05, 0) is 12.1 Å². The normalized spacial score (nSPS) is 11.6. The van der Waals surface area contributed by atoms with E-state index < -0.39 is 9.84 Å².